The minimum atomic E-state index is 0.334. The van der Waals surface area contributed by atoms with Crippen LogP contribution in [-0.2, 0) is 6.54 Å². The molecule has 0 saturated heterocycles. The van der Waals surface area contributed by atoms with Crippen molar-refractivity contribution in [1.82, 2.24) is 0 Å². The topological polar surface area (TPSA) is 27.4 Å². The molecular weight excluding hydrogens is 248 g/mol. The predicted molar refractivity (Wildman–Crippen MR) is 81.9 cm³/mol. The van der Waals surface area contributed by atoms with Crippen molar-refractivity contribution >= 4 is 5.69 Å². The number of aryl methyl sites for hydroxylation is 1. The summed E-state index contributed by atoms with van der Waals surface area (Å²) < 4.78 is 2.20. The van der Waals surface area contributed by atoms with Crippen molar-refractivity contribution in [3.05, 3.63) is 54.9 Å². The molecule has 0 atom stereocenters. The maximum atomic E-state index is 9.60. The van der Waals surface area contributed by atoms with E-state index in [1.165, 1.54) is 0 Å². The molecule has 0 saturated carbocycles. The summed E-state index contributed by atoms with van der Waals surface area (Å²) in [6.07, 6.45) is 6.38. The molecule has 2 aromatic rings. The fourth-order valence-electron chi connectivity index (χ4n) is 2.36. The fraction of sp³-hybridized carbons (Fsp3) is 0.353. The van der Waals surface area contributed by atoms with E-state index in [0.29, 0.717) is 5.75 Å². The van der Waals surface area contributed by atoms with Gasteiger partial charge in [-0.3, -0.25) is 0 Å². The molecule has 1 heterocycles. The summed E-state index contributed by atoms with van der Waals surface area (Å²) >= 11 is 0. The molecular formula is C17H23N2O+. The molecule has 0 aliphatic carbocycles. The Labute approximate surface area is 121 Å². The van der Waals surface area contributed by atoms with Crippen molar-refractivity contribution in [2.24, 2.45) is 0 Å². The molecule has 0 bridgehead atoms. The minimum Gasteiger partial charge on any atom is -0.508 e. The van der Waals surface area contributed by atoms with Gasteiger partial charge in [0.15, 0.2) is 12.4 Å². The van der Waals surface area contributed by atoms with Crippen molar-refractivity contribution in [2.75, 3.05) is 18.0 Å². The highest BCUT2D eigenvalue weighted by molar-refractivity contribution is 5.50. The van der Waals surface area contributed by atoms with Crippen LogP contribution < -0.4 is 9.47 Å². The van der Waals surface area contributed by atoms with Gasteiger partial charge in [0.1, 0.15) is 12.3 Å². The molecule has 0 amide bonds. The molecule has 0 spiro atoms. The molecule has 0 aliphatic rings. The van der Waals surface area contributed by atoms with Gasteiger partial charge in [-0.15, -0.1) is 0 Å². The van der Waals surface area contributed by atoms with E-state index in [1.54, 1.807) is 6.07 Å². The van der Waals surface area contributed by atoms with E-state index in [4.69, 9.17) is 0 Å². The third-order valence-electron chi connectivity index (χ3n) is 3.31. The zero-order chi connectivity index (χ0) is 14.2. The molecule has 106 valence electrons. The van der Waals surface area contributed by atoms with E-state index >= 15 is 0 Å². The summed E-state index contributed by atoms with van der Waals surface area (Å²) in [5.41, 5.74) is 1.10. The second-order valence-electron chi connectivity index (χ2n) is 4.97. The number of pyridine rings is 1. The van der Waals surface area contributed by atoms with Crippen LogP contribution in [0.15, 0.2) is 54.9 Å². The van der Waals surface area contributed by atoms with Gasteiger partial charge < -0.3 is 10.0 Å². The van der Waals surface area contributed by atoms with Gasteiger partial charge in [-0.2, -0.15) is 0 Å². The van der Waals surface area contributed by atoms with Crippen molar-refractivity contribution < 1.29 is 9.67 Å². The maximum Gasteiger partial charge on any atom is 0.168 e. The third-order valence-corrected chi connectivity index (χ3v) is 3.31. The third kappa shape index (κ3) is 4.26. The second kappa shape index (κ2) is 7.53. The zero-order valence-corrected chi connectivity index (χ0v) is 12.1. The number of nitrogens with zero attached hydrogens (tertiary/aromatic N) is 2. The SMILES string of the molecule is CCCN(CCC[n+]1ccccc1)c1cccc(O)c1. The van der Waals surface area contributed by atoms with Gasteiger partial charge >= 0.3 is 0 Å². The summed E-state index contributed by atoms with van der Waals surface area (Å²) in [7, 11) is 0. The van der Waals surface area contributed by atoms with Crippen molar-refractivity contribution in [1.29, 1.82) is 0 Å². The van der Waals surface area contributed by atoms with Gasteiger partial charge in [0.25, 0.3) is 0 Å². The molecule has 1 N–H and O–H groups in total. The Balaban J connectivity index is 1.92. The van der Waals surface area contributed by atoms with Gasteiger partial charge in [-0.05, 0) is 18.6 Å². The Morgan fingerprint density at radius 2 is 1.85 bits per heavy atom. The highest BCUT2D eigenvalue weighted by Gasteiger charge is 2.07. The van der Waals surface area contributed by atoms with Gasteiger partial charge in [0.2, 0.25) is 0 Å². The van der Waals surface area contributed by atoms with Crippen LogP contribution in [0, 0.1) is 0 Å². The van der Waals surface area contributed by atoms with Crippen LogP contribution >= 0.6 is 0 Å². The highest BCUT2D eigenvalue weighted by Crippen LogP contribution is 2.20. The van der Waals surface area contributed by atoms with Crippen LogP contribution in [0.25, 0.3) is 0 Å². The summed E-state index contributed by atoms with van der Waals surface area (Å²) in [6.45, 7) is 5.21. The quantitative estimate of drug-likeness (QED) is 0.784. The first-order valence-electron chi connectivity index (χ1n) is 7.27. The van der Waals surface area contributed by atoms with Crippen LogP contribution in [0.3, 0.4) is 0 Å². The Bertz CT molecular complexity index is 513. The molecule has 2 rings (SSSR count). The second-order valence-corrected chi connectivity index (χ2v) is 4.97. The van der Waals surface area contributed by atoms with E-state index in [1.807, 2.05) is 18.2 Å². The molecule has 0 fully saturated rings. The van der Waals surface area contributed by atoms with Crippen LogP contribution in [-0.4, -0.2) is 18.2 Å². The number of aromatic hydroxyl groups is 1. The van der Waals surface area contributed by atoms with Crippen molar-refractivity contribution in [2.45, 2.75) is 26.3 Å². The van der Waals surface area contributed by atoms with Crippen LogP contribution in [0.4, 0.5) is 5.69 Å². The minimum absolute atomic E-state index is 0.334. The lowest BCUT2D eigenvalue weighted by atomic mass is 10.2. The lowest BCUT2D eigenvalue weighted by Crippen LogP contribution is -2.35. The fourth-order valence-corrected chi connectivity index (χ4v) is 2.36. The number of aromatic nitrogens is 1. The molecule has 20 heavy (non-hydrogen) atoms. The van der Waals surface area contributed by atoms with Crippen molar-refractivity contribution in [3.8, 4) is 5.75 Å². The standard InChI is InChI=1S/C17H22N2O/c1-2-10-19(16-8-6-9-17(20)15-16)14-7-13-18-11-4-3-5-12-18/h3-6,8-9,11-12,15H,2,7,10,13-14H2,1H3/p+1. The van der Waals surface area contributed by atoms with E-state index in [-0.39, 0.29) is 0 Å². The first-order chi connectivity index (χ1) is 9.79. The summed E-state index contributed by atoms with van der Waals surface area (Å²) in [4.78, 5) is 2.34. The number of phenols is 1. The van der Waals surface area contributed by atoms with Gasteiger partial charge in [0.05, 0.1) is 0 Å². The normalized spacial score (nSPS) is 10.4. The molecule has 3 heteroatoms. The Morgan fingerprint density at radius 3 is 2.55 bits per heavy atom. The van der Waals surface area contributed by atoms with Gasteiger partial charge in [-0.25, -0.2) is 4.57 Å². The molecule has 0 aliphatic heterocycles. The first-order valence-corrected chi connectivity index (χ1v) is 7.27. The number of hydrogen-bond acceptors (Lipinski definition) is 2. The maximum absolute atomic E-state index is 9.60. The van der Waals surface area contributed by atoms with Crippen LogP contribution in [0.2, 0.25) is 0 Å². The first kappa shape index (κ1) is 14.4. The number of phenolic OH excluding ortho intramolecular Hbond substituents is 1. The zero-order valence-electron chi connectivity index (χ0n) is 12.1. The van der Waals surface area contributed by atoms with E-state index in [9.17, 15) is 5.11 Å². The molecule has 0 unspecified atom stereocenters. The molecule has 3 nitrogen and oxygen atoms in total. The Hall–Kier alpha value is -2.03. The van der Waals surface area contributed by atoms with Crippen molar-refractivity contribution in [3.63, 3.8) is 0 Å². The number of hydrogen-bond donors (Lipinski definition) is 1. The predicted octanol–water partition coefficient (Wildman–Crippen LogP) is 2.99. The Morgan fingerprint density at radius 1 is 1.05 bits per heavy atom. The average molecular weight is 271 g/mol. The highest BCUT2D eigenvalue weighted by atomic mass is 16.3. The van der Waals surface area contributed by atoms with E-state index in [2.05, 4.69) is 47.0 Å². The monoisotopic (exact) mass is 271 g/mol. The molecule has 1 aromatic carbocycles. The summed E-state index contributed by atoms with van der Waals surface area (Å²) in [6, 6.07) is 13.7. The van der Waals surface area contributed by atoms with E-state index < -0.39 is 0 Å². The lowest BCUT2D eigenvalue weighted by Gasteiger charge is -2.23. The number of rotatable bonds is 7. The molecule has 1 aromatic heterocycles. The number of anilines is 1. The van der Waals surface area contributed by atoms with E-state index in [0.717, 1.165) is 38.2 Å². The van der Waals surface area contributed by atoms with Gasteiger partial charge in [-0.1, -0.05) is 19.1 Å². The van der Waals surface area contributed by atoms with Gasteiger partial charge in [0, 0.05) is 43.4 Å². The largest absolute Gasteiger partial charge is 0.508 e. The average Bonchev–Trinajstić information content (AvgIpc) is 2.47. The summed E-state index contributed by atoms with van der Waals surface area (Å²) in [5.74, 6) is 0.334. The lowest BCUT2D eigenvalue weighted by molar-refractivity contribution is -0.697. The summed E-state index contributed by atoms with van der Waals surface area (Å²) in [5, 5.41) is 9.60. The molecule has 0 radical (unpaired) electrons. The smallest absolute Gasteiger partial charge is 0.168 e. The van der Waals surface area contributed by atoms with Crippen LogP contribution in [0.1, 0.15) is 19.8 Å². The Kier molecular flexibility index (Phi) is 5.42. The van der Waals surface area contributed by atoms with Crippen LogP contribution in [0.5, 0.6) is 5.75 Å². The number of benzene rings is 1.